The molecule has 0 aliphatic rings. The first kappa shape index (κ1) is 11.6. The lowest BCUT2D eigenvalue weighted by atomic mass is 10.3. The van der Waals surface area contributed by atoms with Gasteiger partial charge in [-0.1, -0.05) is 12.1 Å². The predicted molar refractivity (Wildman–Crippen MR) is 57.0 cm³/mol. The average molecular weight is 211 g/mol. The molecule has 1 amide bonds. The van der Waals surface area contributed by atoms with Gasteiger partial charge in [0, 0.05) is 13.1 Å². The number of rotatable bonds is 5. The molecule has 0 fully saturated rings. The van der Waals surface area contributed by atoms with Crippen LogP contribution in [0.4, 0.5) is 10.1 Å². The van der Waals surface area contributed by atoms with E-state index >= 15 is 0 Å². The van der Waals surface area contributed by atoms with Gasteiger partial charge in [0.2, 0.25) is 5.91 Å². The number of benzene rings is 1. The highest BCUT2D eigenvalue weighted by Crippen LogP contribution is 2.11. The minimum atomic E-state index is -0.440. The van der Waals surface area contributed by atoms with Crippen molar-refractivity contribution >= 4 is 11.6 Å². The van der Waals surface area contributed by atoms with Crippen LogP contribution in [0.5, 0.6) is 0 Å². The van der Waals surface area contributed by atoms with E-state index in [0.717, 1.165) is 0 Å². The van der Waals surface area contributed by atoms with Crippen LogP contribution in [0.25, 0.3) is 0 Å². The van der Waals surface area contributed by atoms with Gasteiger partial charge < -0.3 is 16.4 Å². The summed E-state index contributed by atoms with van der Waals surface area (Å²) >= 11 is 0. The molecule has 1 aromatic carbocycles. The maximum absolute atomic E-state index is 13.1. The Kier molecular flexibility index (Phi) is 4.73. The summed E-state index contributed by atoms with van der Waals surface area (Å²) in [6.45, 7) is 1.16. The normalized spacial score (nSPS) is 10.0. The predicted octanol–water partition coefficient (Wildman–Crippen LogP) is 0.313. The Hall–Kier alpha value is -1.46. The number of halogens is 1. The van der Waals surface area contributed by atoms with Gasteiger partial charge in [-0.3, -0.25) is 4.79 Å². The summed E-state index contributed by atoms with van der Waals surface area (Å²) in [5.41, 5.74) is 5.43. The van der Waals surface area contributed by atoms with Crippen LogP contribution in [-0.4, -0.2) is 25.5 Å². The van der Waals surface area contributed by atoms with Crippen molar-refractivity contribution in [3.63, 3.8) is 0 Å². The fourth-order valence-electron chi connectivity index (χ4n) is 1.06. The molecule has 0 spiro atoms. The lowest BCUT2D eigenvalue weighted by Gasteiger charge is -2.06. The molecule has 0 saturated heterocycles. The molecule has 0 aliphatic heterocycles. The third-order valence-corrected chi connectivity index (χ3v) is 1.75. The van der Waals surface area contributed by atoms with Crippen molar-refractivity contribution < 1.29 is 9.18 Å². The molecule has 1 aromatic rings. The van der Waals surface area contributed by atoms with Gasteiger partial charge in [-0.2, -0.15) is 0 Å². The number of nitrogens with two attached hydrogens (primary N) is 1. The number of hydrogen-bond donors (Lipinski definition) is 3. The lowest BCUT2D eigenvalue weighted by molar-refractivity contribution is -0.115. The van der Waals surface area contributed by atoms with E-state index in [1.807, 2.05) is 0 Å². The largest absolute Gasteiger partial charge is 0.329 e. The average Bonchev–Trinajstić information content (AvgIpc) is 2.22. The van der Waals surface area contributed by atoms with Crippen LogP contribution in [0, 0.1) is 5.82 Å². The van der Waals surface area contributed by atoms with Gasteiger partial charge in [0.05, 0.1) is 12.2 Å². The van der Waals surface area contributed by atoms with Crippen molar-refractivity contribution in [3.8, 4) is 0 Å². The molecule has 0 aliphatic carbocycles. The van der Waals surface area contributed by atoms with Gasteiger partial charge in [-0.15, -0.1) is 0 Å². The van der Waals surface area contributed by atoms with E-state index in [2.05, 4.69) is 10.6 Å². The molecule has 5 heteroatoms. The Morgan fingerprint density at radius 1 is 1.40 bits per heavy atom. The SMILES string of the molecule is NCCNCC(=O)Nc1ccccc1F. The molecule has 0 aromatic heterocycles. The van der Waals surface area contributed by atoms with E-state index in [1.165, 1.54) is 12.1 Å². The van der Waals surface area contributed by atoms with Crippen LogP contribution in [0.15, 0.2) is 24.3 Å². The molecule has 0 atom stereocenters. The van der Waals surface area contributed by atoms with E-state index in [1.54, 1.807) is 12.1 Å². The Bertz CT molecular complexity index is 330. The van der Waals surface area contributed by atoms with Gasteiger partial charge in [0.1, 0.15) is 5.82 Å². The maximum atomic E-state index is 13.1. The van der Waals surface area contributed by atoms with Crippen LogP contribution < -0.4 is 16.4 Å². The highest BCUT2D eigenvalue weighted by Gasteiger charge is 2.04. The number of carbonyl (C=O) groups excluding carboxylic acids is 1. The van der Waals surface area contributed by atoms with Crippen molar-refractivity contribution in [3.05, 3.63) is 30.1 Å². The molecule has 4 N–H and O–H groups in total. The summed E-state index contributed by atoms with van der Waals surface area (Å²) in [6.07, 6.45) is 0. The van der Waals surface area contributed by atoms with Gasteiger partial charge in [0.15, 0.2) is 0 Å². The molecule has 1 rings (SSSR count). The van der Waals surface area contributed by atoms with E-state index in [4.69, 9.17) is 5.73 Å². The van der Waals surface area contributed by atoms with Gasteiger partial charge >= 0.3 is 0 Å². The second-order valence-electron chi connectivity index (χ2n) is 2.99. The Labute approximate surface area is 87.7 Å². The minimum Gasteiger partial charge on any atom is -0.329 e. The number of para-hydroxylation sites is 1. The standard InChI is InChI=1S/C10H14FN3O/c11-8-3-1-2-4-9(8)14-10(15)7-13-6-5-12/h1-4,13H,5-7,12H2,(H,14,15). The van der Waals surface area contributed by atoms with Gasteiger partial charge in [-0.05, 0) is 12.1 Å². The first-order valence-corrected chi connectivity index (χ1v) is 4.69. The highest BCUT2D eigenvalue weighted by atomic mass is 19.1. The summed E-state index contributed by atoms with van der Waals surface area (Å²) < 4.78 is 13.1. The van der Waals surface area contributed by atoms with E-state index in [-0.39, 0.29) is 18.1 Å². The second kappa shape index (κ2) is 6.10. The molecular formula is C10H14FN3O. The number of carbonyl (C=O) groups is 1. The number of amides is 1. The Morgan fingerprint density at radius 2 is 2.13 bits per heavy atom. The third kappa shape index (κ3) is 4.05. The van der Waals surface area contributed by atoms with Crippen LogP contribution in [0.3, 0.4) is 0 Å². The first-order valence-electron chi connectivity index (χ1n) is 4.69. The number of anilines is 1. The van der Waals surface area contributed by atoms with Crippen LogP contribution in [-0.2, 0) is 4.79 Å². The van der Waals surface area contributed by atoms with E-state index in [0.29, 0.717) is 13.1 Å². The fraction of sp³-hybridized carbons (Fsp3) is 0.300. The summed E-state index contributed by atoms with van der Waals surface area (Å²) in [6, 6.07) is 6.03. The molecule has 0 saturated carbocycles. The Morgan fingerprint density at radius 3 is 2.80 bits per heavy atom. The molecule has 0 heterocycles. The number of nitrogens with one attached hydrogen (secondary N) is 2. The van der Waals surface area contributed by atoms with Crippen molar-refractivity contribution in [2.24, 2.45) is 5.73 Å². The van der Waals surface area contributed by atoms with Crippen molar-refractivity contribution in [1.29, 1.82) is 0 Å². The van der Waals surface area contributed by atoms with Crippen LogP contribution in [0.2, 0.25) is 0 Å². The molecule has 15 heavy (non-hydrogen) atoms. The lowest BCUT2D eigenvalue weighted by Crippen LogP contribution is -2.31. The minimum absolute atomic E-state index is 0.130. The van der Waals surface area contributed by atoms with Crippen molar-refractivity contribution in [1.82, 2.24) is 5.32 Å². The molecule has 82 valence electrons. The summed E-state index contributed by atoms with van der Waals surface area (Å²) in [5, 5.41) is 5.27. The smallest absolute Gasteiger partial charge is 0.238 e. The van der Waals surface area contributed by atoms with E-state index in [9.17, 15) is 9.18 Å². The zero-order valence-corrected chi connectivity index (χ0v) is 8.29. The number of hydrogen-bond acceptors (Lipinski definition) is 3. The molecular weight excluding hydrogens is 197 g/mol. The fourth-order valence-corrected chi connectivity index (χ4v) is 1.06. The Balaban J connectivity index is 2.41. The highest BCUT2D eigenvalue weighted by molar-refractivity contribution is 5.92. The molecule has 4 nitrogen and oxygen atoms in total. The van der Waals surface area contributed by atoms with E-state index < -0.39 is 5.82 Å². The van der Waals surface area contributed by atoms with Crippen LogP contribution in [0.1, 0.15) is 0 Å². The quantitative estimate of drug-likeness (QED) is 0.614. The summed E-state index contributed by atoms with van der Waals surface area (Å²) in [5.74, 6) is -0.724. The third-order valence-electron chi connectivity index (χ3n) is 1.75. The van der Waals surface area contributed by atoms with Gasteiger partial charge in [0.25, 0.3) is 0 Å². The zero-order chi connectivity index (χ0) is 11.1. The molecule has 0 bridgehead atoms. The van der Waals surface area contributed by atoms with Crippen molar-refractivity contribution in [2.75, 3.05) is 25.0 Å². The molecule has 0 radical (unpaired) electrons. The van der Waals surface area contributed by atoms with Gasteiger partial charge in [-0.25, -0.2) is 4.39 Å². The summed E-state index contributed by atoms with van der Waals surface area (Å²) in [7, 11) is 0. The molecule has 0 unspecified atom stereocenters. The second-order valence-corrected chi connectivity index (χ2v) is 2.99. The maximum Gasteiger partial charge on any atom is 0.238 e. The van der Waals surface area contributed by atoms with Crippen LogP contribution >= 0.6 is 0 Å². The monoisotopic (exact) mass is 211 g/mol. The topological polar surface area (TPSA) is 67.1 Å². The first-order chi connectivity index (χ1) is 7.24. The zero-order valence-electron chi connectivity index (χ0n) is 8.29. The van der Waals surface area contributed by atoms with Crippen molar-refractivity contribution in [2.45, 2.75) is 0 Å². The summed E-state index contributed by atoms with van der Waals surface area (Å²) in [4.78, 5) is 11.3.